The van der Waals surface area contributed by atoms with Crippen LogP contribution in [0.2, 0.25) is 0 Å². The van der Waals surface area contributed by atoms with Crippen molar-refractivity contribution >= 4 is 28.0 Å². The fraction of sp³-hybridized carbons (Fsp3) is 0.0909. The van der Waals surface area contributed by atoms with Gasteiger partial charge in [0.2, 0.25) is 0 Å². The van der Waals surface area contributed by atoms with Crippen LogP contribution in [0.1, 0.15) is 5.56 Å². The number of hydrogen-bond donors (Lipinski definition) is 0. The summed E-state index contributed by atoms with van der Waals surface area (Å²) in [5, 5.41) is 8.73. The molecule has 0 atom stereocenters. The van der Waals surface area contributed by atoms with Gasteiger partial charge in [-0.15, -0.1) is 0 Å². The molecule has 15 heavy (non-hydrogen) atoms. The van der Waals surface area contributed by atoms with Crippen molar-refractivity contribution in [1.82, 2.24) is 0 Å². The van der Waals surface area contributed by atoms with Crippen molar-refractivity contribution in [3.8, 4) is 6.07 Å². The molecule has 0 unspecified atom stereocenters. The first-order valence-electron chi connectivity index (χ1n) is 4.13. The predicted molar refractivity (Wildman–Crippen MR) is 59.7 cm³/mol. The molecule has 0 saturated heterocycles. The number of methoxy groups -OCH3 is 1. The van der Waals surface area contributed by atoms with Gasteiger partial charge in [-0.25, -0.2) is 4.79 Å². The fourth-order valence-corrected chi connectivity index (χ4v) is 1.43. The number of ether oxygens (including phenoxy) is 1. The summed E-state index contributed by atoms with van der Waals surface area (Å²) in [7, 11) is 1.24. The van der Waals surface area contributed by atoms with E-state index < -0.39 is 5.97 Å². The number of halogens is 1. The lowest BCUT2D eigenvalue weighted by Gasteiger charge is -1.97. The van der Waals surface area contributed by atoms with Gasteiger partial charge in [0.25, 0.3) is 0 Å². The van der Waals surface area contributed by atoms with Gasteiger partial charge in [0, 0.05) is 4.47 Å². The number of nitrogens with zero attached hydrogens (tertiary/aromatic N) is 1. The van der Waals surface area contributed by atoms with E-state index >= 15 is 0 Å². The van der Waals surface area contributed by atoms with Gasteiger partial charge >= 0.3 is 5.97 Å². The topological polar surface area (TPSA) is 50.1 Å². The zero-order valence-electron chi connectivity index (χ0n) is 8.03. The summed E-state index contributed by atoms with van der Waals surface area (Å²) in [6, 6.07) is 9.08. The SMILES string of the molecule is COC(=O)/C(C#N)=C\c1cccc(Br)c1. The van der Waals surface area contributed by atoms with E-state index in [0.29, 0.717) is 0 Å². The summed E-state index contributed by atoms with van der Waals surface area (Å²) in [6.45, 7) is 0. The van der Waals surface area contributed by atoms with Crippen molar-refractivity contribution in [2.24, 2.45) is 0 Å². The van der Waals surface area contributed by atoms with Crippen LogP contribution in [0, 0.1) is 11.3 Å². The molecule has 0 spiro atoms. The predicted octanol–water partition coefficient (Wildman–Crippen LogP) is 2.53. The lowest BCUT2D eigenvalue weighted by molar-refractivity contribution is -0.135. The number of benzene rings is 1. The van der Waals surface area contributed by atoms with E-state index in [1.165, 1.54) is 13.2 Å². The summed E-state index contributed by atoms with van der Waals surface area (Å²) in [4.78, 5) is 11.1. The highest BCUT2D eigenvalue weighted by atomic mass is 79.9. The van der Waals surface area contributed by atoms with Crippen LogP contribution in [0.3, 0.4) is 0 Å². The summed E-state index contributed by atoms with van der Waals surface area (Å²) < 4.78 is 5.35. The third-order valence-electron chi connectivity index (χ3n) is 1.69. The van der Waals surface area contributed by atoms with Gasteiger partial charge in [-0.05, 0) is 23.8 Å². The molecule has 0 N–H and O–H groups in total. The molecule has 4 heteroatoms. The van der Waals surface area contributed by atoms with Gasteiger partial charge in [0.15, 0.2) is 0 Å². The Labute approximate surface area is 96.1 Å². The fourth-order valence-electron chi connectivity index (χ4n) is 1.01. The van der Waals surface area contributed by atoms with E-state index in [1.807, 2.05) is 12.1 Å². The van der Waals surface area contributed by atoms with Crippen molar-refractivity contribution in [3.05, 3.63) is 39.9 Å². The molecule has 0 heterocycles. The third-order valence-corrected chi connectivity index (χ3v) is 2.18. The van der Waals surface area contributed by atoms with Gasteiger partial charge in [0.1, 0.15) is 11.6 Å². The molecule has 1 aromatic rings. The maximum Gasteiger partial charge on any atom is 0.348 e. The molecule has 0 amide bonds. The van der Waals surface area contributed by atoms with E-state index in [0.717, 1.165) is 10.0 Å². The minimum Gasteiger partial charge on any atom is -0.465 e. The van der Waals surface area contributed by atoms with Crippen LogP contribution in [0.5, 0.6) is 0 Å². The van der Waals surface area contributed by atoms with E-state index in [-0.39, 0.29) is 5.57 Å². The van der Waals surface area contributed by atoms with Gasteiger partial charge in [-0.2, -0.15) is 5.26 Å². The highest BCUT2D eigenvalue weighted by Crippen LogP contribution is 2.14. The lowest BCUT2D eigenvalue weighted by Crippen LogP contribution is -2.02. The molecule has 0 aliphatic heterocycles. The van der Waals surface area contributed by atoms with E-state index in [4.69, 9.17) is 5.26 Å². The first kappa shape index (κ1) is 11.5. The maximum absolute atomic E-state index is 11.1. The Morgan fingerprint density at radius 3 is 2.87 bits per heavy atom. The van der Waals surface area contributed by atoms with E-state index in [1.54, 1.807) is 18.2 Å². The first-order chi connectivity index (χ1) is 7.17. The first-order valence-corrected chi connectivity index (χ1v) is 4.92. The summed E-state index contributed by atoms with van der Waals surface area (Å²) in [6.07, 6.45) is 1.48. The van der Waals surface area contributed by atoms with Gasteiger partial charge in [-0.3, -0.25) is 0 Å². The van der Waals surface area contributed by atoms with Crippen LogP contribution in [0.4, 0.5) is 0 Å². The molecule has 1 rings (SSSR count). The molecule has 0 aromatic heterocycles. The average Bonchev–Trinajstić information content (AvgIpc) is 2.25. The van der Waals surface area contributed by atoms with Gasteiger partial charge in [0.05, 0.1) is 7.11 Å². The number of rotatable bonds is 2. The molecule has 3 nitrogen and oxygen atoms in total. The minimum absolute atomic E-state index is 0.0180. The van der Waals surface area contributed by atoms with Crippen LogP contribution >= 0.6 is 15.9 Å². The molecule has 76 valence electrons. The molecule has 0 fully saturated rings. The molecular weight excluding hydrogens is 258 g/mol. The van der Waals surface area contributed by atoms with Crippen molar-refractivity contribution in [1.29, 1.82) is 5.26 Å². The van der Waals surface area contributed by atoms with E-state index in [9.17, 15) is 4.79 Å². The van der Waals surface area contributed by atoms with Crippen LogP contribution in [0.15, 0.2) is 34.3 Å². The molecular formula is C11H8BrNO2. The zero-order valence-corrected chi connectivity index (χ0v) is 9.61. The Balaban J connectivity index is 3.05. The Morgan fingerprint density at radius 1 is 1.60 bits per heavy atom. The zero-order chi connectivity index (χ0) is 11.3. The number of hydrogen-bond acceptors (Lipinski definition) is 3. The van der Waals surface area contributed by atoms with Crippen LogP contribution < -0.4 is 0 Å². The van der Waals surface area contributed by atoms with Crippen molar-refractivity contribution in [3.63, 3.8) is 0 Å². The monoisotopic (exact) mass is 265 g/mol. The number of esters is 1. The molecule has 0 aliphatic carbocycles. The average molecular weight is 266 g/mol. The Morgan fingerprint density at radius 2 is 2.33 bits per heavy atom. The maximum atomic E-state index is 11.1. The Bertz CT molecular complexity index is 446. The second-order valence-corrected chi connectivity index (χ2v) is 3.63. The highest BCUT2D eigenvalue weighted by Gasteiger charge is 2.07. The second-order valence-electron chi connectivity index (χ2n) is 2.72. The largest absolute Gasteiger partial charge is 0.465 e. The molecule has 0 aliphatic rings. The minimum atomic E-state index is -0.627. The van der Waals surface area contributed by atoms with Crippen molar-refractivity contribution in [2.75, 3.05) is 7.11 Å². The second kappa shape index (κ2) is 5.32. The smallest absolute Gasteiger partial charge is 0.348 e. The van der Waals surface area contributed by atoms with Crippen molar-refractivity contribution < 1.29 is 9.53 Å². The van der Waals surface area contributed by atoms with Gasteiger partial charge in [-0.1, -0.05) is 28.1 Å². The van der Waals surface area contributed by atoms with Crippen molar-refractivity contribution in [2.45, 2.75) is 0 Å². The number of carbonyl (C=O) groups is 1. The Hall–Kier alpha value is -1.60. The van der Waals surface area contributed by atoms with Crippen LogP contribution in [-0.2, 0) is 9.53 Å². The van der Waals surface area contributed by atoms with Gasteiger partial charge < -0.3 is 4.74 Å². The molecule has 0 saturated carbocycles. The summed E-state index contributed by atoms with van der Waals surface area (Å²) >= 11 is 3.30. The number of carbonyl (C=O) groups excluding carboxylic acids is 1. The molecule has 0 bridgehead atoms. The molecule has 0 radical (unpaired) electrons. The van der Waals surface area contributed by atoms with Crippen LogP contribution in [0.25, 0.3) is 6.08 Å². The highest BCUT2D eigenvalue weighted by molar-refractivity contribution is 9.10. The van der Waals surface area contributed by atoms with E-state index in [2.05, 4.69) is 20.7 Å². The lowest BCUT2D eigenvalue weighted by atomic mass is 10.1. The Kier molecular flexibility index (Phi) is 4.07. The number of nitriles is 1. The summed E-state index contributed by atoms with van der Waals surface area (Å²) in [5.74, 6) is -0.627. The summed E-state index contributed by atoms with van der Waals surface area (Å²) in [5.41, 5.74) is 0.752. The standard InChI is InChI=1S/C11H8BrNO2/c1-15-11(14)9(7-13)5-8-3-2-4-10(12)6-8/h2-6H,1H3/b9-5-. The normalized spacial score (nSPS) is 10.6. The molecule has 1 aromatic carbocycles. The third kappa shape index (κ3) is 3.22. The quantitative estimate of drug-likeness (QED) is 0.469. The van der Waals surface area contributed by atoms with Crippen LogP contribution in [-0.4, -0.2) is 13.1 Å².